The Labute approximate surface area is 225 Å². The largest absolute Gasteiger partial charge is 0.482 e. The van der Waals surface area contributed by atoms with Gasteiger partial charge in [0.1, 0.15) is 11.6 Å². The van der Waals surface area contributed by atoms with Crippen LogP contribution in [0.15, 0.2) is 60.8 Å². The Kier molecular flexibility index (Phi) is 8.24. The molecular weight excluding hydrogens is 478 g/mol. The number of anilines is 1. The second-order valence-electron chi connectivity index (χ2n) is 10.6. The van der Waals surface area contributed by atoms with Gasteiger partial charge in [-0.1, -0.05) is 56.3 Å². The highest BCUT2D eigenvalue weighted by Crippen LogP contribution is 2.42. The molecule has 7 heteroatoms. The maximum absolute atomic E-state index is 13.9. The highest BCUT2D eigenvalue weighted by Gasteiger charge is 2.38. The highest BCUT2D eigenvalue weighted by atomic mass is 16.6. The number of rotatable bonds is 11. The van der Waals surface area contributed by atoms with E-state index >= 15 is 0 Å². The molecule has 0 saturated heterocycles. The molecule has 0 radical (unpaired) electrons. The van der Waals surface area contributed by atoms with Gasteiger partial charge in [-0.2, -0.15) is 5.10 Å². The summed E-state index contributed by atoms with van der Waals surface area (Å²) < 4.78 is 12.5. The third-order valence-corrected chi connectivity index (χ3v) is 7.84. The van der Waals surface area contributed by atoms with Gasteiger partial charge in [0.25, 0.3) is 0 Å². The molecule has 1 aliphatic rings. The second-order valence-corrected chi connectivity index (χ2v) is 10.6. The van der Waals surface area contributed by atoms with Crippen LogP contribution in [0.25, 0.3) is 0 Å². The molecule has 2 aromatic carbocycles. The molecule has 7 nitrogen and oxygen atoms in total. The number of ketones is 1. The molecule has 0 amide bonds. The van der Waals surface area contributed by atoms with E-state index in [1.807, 2.05) is 47.1 Å². The van der Waals surface area contributed by atoms with Gasteiger partial charge in [0.05, 0.1) is 29.9 Å². The maximum Gasteiger partial charge on any atom is 0.344 e. The summed E-state index contributed by atoms with van der Waals surface area (Å²) in [5.41, 5.74) is 2.36. The van der Waals surface area contributed by atoms with Crippen molar-refractivity contribution in [2.75, 3.05) is 18.5 Å². The lowest BCUT2D eigenvalue weighted by Gasteiger charge is -2.38. The van der Waals surface area contributed by atoms with Crippen LogP contribution in [-0.4, -0.2) is 34.7 Å². The second kappa shape index (κ2) is 11.4. The van der Waals surface area contributed by atoms with Crippen LogP contribution < -0.4 is 10.1 Å². The molecule has 0 spiro atoms. The Morgan fingerprint density at radius 2 is 1.74 bits per heavy atom. The molecule has 2 heterocycles. The van der Waals surface area contributed by atoms with Gasteiger partial charge in [-0.05, 0) is 63.3 Å². The monoisotopic (exact) mass is 517 g/mol. The van der Waals surface area contributed by atoms with Crippen LogP contribution in [0, 0.1) is 0 Å². The minimum atomic E-state index is -0.394. The molecule has 4 rings (SSSR count). The fourth-order valence-corrected chi connectivity index (χ4v) is 5.50. The smallest absolute Gasteiger partial charge is 0.344 e. The van der Waals surface area contributed by atoms with E-state index in [1.165, 1.54) is 5.56 Å². The van der Waals surface area contributed by atoms with E-state index in [1.54, 1.807) is 13.1 Å². The van der Waals surface area contributed by atoms with E-state index in [0.717, 1.165) is 30.6 Å². The summed E-state index contributed by atoms with van der Waals surface area (Å²) in [6.07, 6.45) is 4.60. The first-order valence-corrected chi connectivity index (χ1v) is 13.5. The number of benzene rings is 2. The summed E-state index contributed by atoms with van der Waals surface area (Å²) in [6, 6.07) is 18.2. The quantitative estimate of drug-likeness (QED) is 0.233. The molecule has 1 unspecified atom stereocenters. The van der Waals surface area contributed by atoms with Crippen LogP contribution in [0.1, 0.15) is 87.8 Å². The van der Waals surface area contributed by atoms with E-state index in [4.69, 9.17) is 9.47 Å². The van der Waals surface area contributed by atoms with Crippen LogP contribution in [0.5, 0.6) is 5.75 Å². The third kappa shape index (κ3) is 5.62. The van der Waals surface area contributed by atoms with Crippen molar-refractivity contribution in [2.24, 2.45) is 0 Å². The third-order valence-electron chi connectivity index (χ3n) is 7.84. The Morgan fingerprint density at radius 3 is 2.37 bits per heavy atom. The lowest BCUT2D eigenvalue weighted by Crippen LogP contribution is -2.38. The number of fused-ring (bicyclic) bond motifs is 1. The average molecular weight is 518 g/mol. The number of ether oxygens (including phenoxy) is 2. The van der Waals surface area contributed by atoms with Crippen molar-refractivity contribution >= 4 is 17.6 Å². The Hall–Kier alpha value is -3.61. The number of carbonyl (C=O) groups is 2. The minimum Gasteiger partial charge on any atom is -0.482 e. The van der Waals surface area contributed by atoms with Gasteiger partial charge in [-0.15, -0.1) is 0 Å². The van der Waals surface area contributed by atoms with Gasteiger partial charge in [-0.3, -0.25) is 4.79 Å². The first kappa shape index (κ1) is 27.4. The van der Waals surface area contributed by atoms with Gasteiger partial charge < -0.3 is 14.8 Å². The molecule has 202 valence electrons. The fourth-order valence-electron chi connectivity index (χ4n) is 5.50. The van der Waals surface area contributed by atoms with Crippen molar-refractivity contribution in [3.63, 3.8) is 0 Å². The number of nitrogens with zero attached hydrogens (tertiary/aromatic N) is 2. The number of Topliss-reactive ketones (excluding diaryl/α,β-unsaturated/α-hetero) is 1. The van der Waals surface area contributed by atoms with Crippen molar-refractivity contribution in [2.45, 2.75) is 77.3 Å². The van der Waals surface area contributed by atoms with E-state index in [9.17, 15) is 9.59 Å². The number of hydrogen-bond acceptors (Lipinski definition) is 6. The zero-order chi connectivity index (χ0) is 27.3. The Bertz CT molecular complexity index is 1240. The zero-order valence-electron chi connectivity index (χ0n) is 23.1. The number of esters is 1. The van der Waals surface area contributed by atoms with Crippen LogP contribution in [0.4, 0.5) is 5.82 Å². The standard InChI is InChI=1S/C31H39N3O4/c1-6-31(7-2,23-14-16-24(17-15-23)38-21-28(36)37-8-3)19-27(35)25-20-32-34-29(25)33-26(18-30(34,4)5)22-12-10-9-11-13-22/h9-17,20,26,33H,6-8,18-19,21H2,1-5H3. The lowest BCUT2D eigenvalue weighted by atomic mass is 9.71. The molecule has 0 fully saturated rings. The Morgan fingerprint density at radius 1 is 1.05 bits per heavy atom. The summed E-state index contributed by atoms with van der Waals surface area (Å²) in [6.45, 7) is 10.6. The van der Waals surface area contributed by atoms with E-state index in [-0.39, 0.29) is 29.4 Å². The van der Waals surface area contributed by atoms with E-state index in [0.29, 0.717) is 24.3 Å². The average Bonchev–Trinajstić information content (AvgIpc) is 3.37. The SMILES string of the molecule is CCOC(=O)COc1ccc(C(CC)(CC)CC(=O)c2cnn3c2NC(c2ccccc2)CC3(C)C)cc1. The van der Waals surface area contributed by atoms with Crippen molar-refractivity contribution in [3.05, 3.63) is 77.5 Å². The molecule has 0 aliphatic carbocycles. The predicted molar refractivity (Wildman–Crippen MR) is 149 cm³/mol. The van der Waals surface area contributed by atoms with Crippen LogP contribution in [-0.2, 0) is 20.5 Å². The minimum absolute atomic E-state index is 0.0783. The molecular formula is C31H39N3O4. The molecule has 1 N–H and O–H groups in total. The molecule has 1 aromatic heterocycles. The number of hydrogen-bond donors (Lipinski definition) is 1. The van der Waals surface area contributed by atoms with Crippen molar-refractivity contribution in [1.82, 2.24) is 9.78 Å². The van der Waals surface area contributed by atoms with Crippen LogP contribution in [0.3, 0.4) is 0 Å². The predicted octanol–water partition coefficient (Wildman–Crippen LogP) is 6.45. The fraction of sp³-hybridized carbons (Fsp3) is 0.452. The molecule has 1 atom stereocenters. The normalized spacial score (nSPS) is 16.3. The van der Waals surface area contributed by atoms with Gasteiger partial charge >= 0.3 is 5.97 Å². The summed E-state index contributed by atoms with van der Waals surface area (Å²) in [7, 11) is 0. The van der Waals surface area contributed by atoms with Gasteiger partial charge in [0.2, 0.25) is 0 Å². The number of nitrogens with one attached hydrogen (secondary N) is 1. The maximum atomic E-state index is 13.9. The highest BCUT2D eigenvalue weighted by molar-refractivity contribution is 6.01. The molecule has 0 bridgehead atoms. The van der Waals surface area contributed by atoms with E-state index in [2.05, 4.69) is 50.2 Å². The number of aromatic nitrogens is 2. The van der Waals surface area contributed by atoms with E-state index < -0.39 is 5.97 Å². The van der Waals surface area contributed by atoms with Crippen LogP contribution in [0.2, 0.25) is 0 Å². The molecule has 38 heavy (non-hydrogen) atoms. The first-order chi connectivity index (χ1) is 18.2. The van der Waals surface area contributed by atoms with Gasteiger partial charge in [-0.25, -0.2) is 9.48 Å². The van der Waals surface area contributed by atoms with Crippen molar-refractivity contribution in [3.8, 4) is 5.75 Å². The summed E-state index contributed by atoms with van der Waals surface area (Å²) in [5.74, 6) is 1.08. The van der Waals surface area contributed by atoms with Gasteiger partial charge in [0, 0.05) is 11.8 Å². The van der Waals surface area contributed by atoms with Crippen LogP contribution >= 0.6 is 0 Å². The number of carbonyl (C=O) groups excluding carboxylic acids is 2. The Balaban J connectivity index is 1.56. The molecule has 3 aromatic rings. The van der Waals surface area contributed by atoms with Crippen molar-refractivity contribution in [1.29, 1.82) is 0 Å². The van der Waals surface area contributed by atoms with Gasteiger partial charge in [0.15, 0.2) is 12.4 Å². The molecule has 0 saturated carbocycles. The zero-order valence-corrected chi connectivity index (χ0v) is 23.1. The molecule has 1 aliphatic heterocycles. The van der Waals surface area contributed by atoms with Crippen molar-refractivity contribution < 1.29 is 19.1 Å². The summed E-state index contributed by atoms with van der Waals surface area (Å²) >= 11 is 0. The first-order valence-electron chi connectivity index (χ1n) is 13.5. The summed E-state index contributed by atoms with van der Waals surface area (Å²) in [4.78, 5) is 25.5. The lowest BCUT2D eigenvalue weighted by molar-refractivity contribution is -0.145. The summed E-state index contributed by atoms with van der Waals surface area (Å²) in [5, 5.41) is 8.28. The topological polar surface area (TPSA) is 82.5 Å².